The quantitative estimate of drug-likeness (QED) is 0.0568. The average Bonchev–Trinajstić information content (AvgIpc) is 2.97. The second-order valence-corrected chi connectivity index (χ2v) is 10.2. The van der Waals surface area contributed by atoms with Crippen LogP contribution in [0.15, 0.2) is 64.6 Å². The van der Waals surface area contributed by atoms with Crippen LogP contribution in [0.2, 0.25) is 0 Å². The van der Waals surface area contributed by atoms with Gasteiger partial charge in [-0.2, -0.15) is 0 Å². The number of carbonyl (C=O) groups is 4. The Kier molecular flexibility index (Phi) is 13.9. The molecule has 0 aromatic heterocycles. The number of guanidine groups is 2. The number of nitrogens with zero attached hydrogens (tertiary/aromatic N) is 3. The number of phenols is 1. The average molecular weight is 611 g/mol. The minimum atomic E-state index is -1.12. The van der Waals surface area contributed by atoms with E-state index >= 15 is 0 Å². The molecule has 13 N–H and O–H groups in total. The first-order chi connectivity index (χ1) is 20.8. The number of primary amides is 1. The summed E-state index contributed by atoms with van der Waals surface area (Å²) in [5.74, 6) is -2.69. The van der Waals surface area contributed by atoms with Gasteiger partial charge in [0.25, 0.3) is 0 Å². The monoisotopic (exact) mass is 610 g/mol. The molecule has 15 nitrogen and oxygen atoms in total. The van der Waals surface area contributed by atoms with Crippen LogP contribution in [-0.2, 0) is 32.0 Å². The Morgan fingerprint density at radius 2 is 1.43 bits per heavy atom. The van der Waals surface area contributed by atoms with Gasteiger partial charge in [0.1, 0.15) is 23.9 Å². The van der Waals surface area contributed by atoms with Gasteiger partial charge in [0, 0.05) is 39.4 Å². The normalized spacial score (nSPS) is 12.6. The Labute approximate surface area is 255 Å². The molecule has 0 radical (unpaired) electrons. The maximum atomic E-state index is 13.7. The molecule has 0 aliphatic rings. The van der Waals surface area contributed by atoms with Crippen molar-refractivity contribution < 1.29 is 24.3 Å². The van der Waals surface area contributed by atoms with Crippen molar-refractivity contribution in [3.05, 3.63) is 65.7 Å². The number of nitrogens with two attached hydrogens (primary N) is 5. The molecule has 0 saturated carbocycles. The summed E-state index contributed by atoms with van der Waals surface area (Å²) in [5.41, 5.74) is 28.7. The van der Waals surface area contributed by atoms with Crippen molar-refractivity contribution in [2.75, 3.05) is 20.1 Å². The highest BCUT2D eigenvalue weighted by atomic mass is 16.3. The molecule has 2 aromatic rings. The molecular weight excluding hydrogens is 568 g/mol. The molecule has 15 heteroatoms. The van der Waals surface area contributed by atoms with Crippen LogP contribution >= 0.6 is 0 Å². The Morgan fingerprint density at radius 3 is 2.02 bits per heavy atom. The summed E-state index contributed by atoms with van der Waals surface area (Å²) in [7, 11) is 1.51. The molecule has 2 aromatic carbocycles. The Balaban J connectivity index is 2.31. The molecule has 0 bridgehead atoms. The first-order valence-corrected chi connectivity index (χ1v) is 14.0. The number of amides is 4. The van der Waals surface area contributed by atoms with Crippen molar-refractivity contribution in [1.29, 1.82) is 0 Å². The van der Waals surface area contributed by atoms with Crippen LogP contribution in [0.3, 0.4) is 0 Å². The highest BCUT2D eigenvalue weighted by Crippen LogP contribution is 2.14. The molecule has 0 saturated heterocycles. The summed E-state index contributed by atoms with van der Waals surface area (Å²) in [4.78, 5) is 61.1. The maximum Gasteiger partial charge on any atom is 0.245 e. The van der Waals surface area contributed by atoms with Crippen molar-refractivity contribution in [1.82, 2.24) is 15.5 Å². The summed E-state index contributed by atoms with van der Waals surface area (Å²) in [6, 6.07) is 12.0. The minimum absolute atomic E-state index is 0.0500. The number of benzene rings is 2. The number of carbonyl (C=O) groups excluding carboxylic acids is 4. The number of likely N-dealkylation sites (N-methyl/N-ethyl adjacent to an activating group) is 1. The topological polar surface area (TPSA) is 271 Å². The van der Waals surface area contributed by atoms with Crippen molar-refractivity contribution in [3.63, 3.8) is 0 Å². The zero-order valence-electron chi connectivity index (χ0n) is 24.7. The molecule has 3 atom stereocenters. The standard InChI is InChI=1S/C29H42N10O5/c1-39(15-13-24(30)41)27(44)23(17-18-6-3-2-4-7-18)37-25(42)21(8-5-14-35-28(31)32)36-26(43)22(38-29(33)34)16-19-9-11-20(40)12-10-19/h2-4,6-7,9-12,21-23,40H,5,8,13-17H2,1H3,(H2,30,41)(H,36,43)(H,37,42)(H4,31,32,35)(H4,33,34,38)/t21-,22+,23+/m1/s1. The van der Waals surface area contributed by atoms with Crippen molar-refractivity contribution in [2.45, 2.75) is 50.2 Å². The van der Waals surface area contributed by atoms with E-state index in [0.717, 1.165) is 5.56 Å². The molecule has 0 unspecified atom stereocenters. The van der Waals surface area contributed by atoms with E-state index in [1.54, 1.807) is 24.3 Å². The lowest BCUT2D eigenvalue weighted by atomic mass is 10.0. The Morgan fingerprint density at radius 1 is 0.818 bits per heavy atom. The molecular formula is C29H42N10O5. The summed E-state index contributed by atoms with van der Waals surface area (Å²) >= 11 is 0. The van der Waals surface area contributed by atoms with Crippen LogP contribution in [-0.4, -0.2) is 83.8 Å². The van der Waals surface area contributed by atoms with Gasteiger partial charge in [-0.1, -0.05) is 42.5 Å². The number of phenolic OH excluding ortho intramolecular Hbond substituents is 1. The molecule has 0 fully saturated rings. The third kappa shape index (κ3) is 12.7. The second-order valence-electron chi connectivity index (χ2n) is 10.2. The van der Waals surface area contributed by atoms with E-state index < -0.39 is 41.8 Å². The van der Waals surface area contributed by atoms with Crippen molar-refractivity contribution >= 4 is 35.5 Å². The number of nitrogens with one attached hydrogen (secondary N) is 2. The zero-order valence-corrected chi connectivity index (χ0v) is 24.7. The van der Waals surface area contributed by atoms with Gasteiger partial charge in [-0.25, -0.2) is 4.99 Å². The number of aromatic hydroxyl groups is 1. The SMILES string of the molecule is CN(CCC(N)=O)C(=O)[C@H](Cc1ccccc1)NC(=O)[C@@H](CCCN=C(N)N)NC(=O)[C@H](Cc1ccc(O)cc1)N=C(N)N. The molecule has 2 rings (SSSR count). The fourth-order valence-corrected chi connectivity index (χ4v) is 4.25. The first kappa shape index (κ1) is 34.9. The summed E-state index contributed by atoms with van der Waals surface area (Å²) in [6.45, 7) is 0.251. The van der Waals surface area contributed by atoms with Gasteiger partial charge >= 0.3 is 0 Å². The van der Waals surface area contributed by atoms with Gasteiger partial charge < -0.3 is 49.3 Å². The molecule has 238 valence electrons. The van der Waals surface area contributed by atoms with Crippen LogP contribution < -0.4 is 39.3 Å². The summed E-state index contributed by atoms with van der Waals surface area (Å²) < 4.78 is 0. The number of hydrogen-bond donors (Lipinski definition) is 8. The molecule has 44 heavy (non-hydrogen) atoms. The lowest BCUT2D eigenvalue weighted by molar-refractivity contribution is -0.136. The smallest absolute Gasteiger partial charge is 0.245 e. The van der Waals surface area contributed by atoms with E-state index in [0.29, 0.717) is 12.0 Å². The van der Waals surface area contributed by atoms with Gasteiger partial charge in [0.15, 0.2) is 11.9 Å². The number of rotatable bonds is 17. The predicted octanol–water partition coefficient (Wildman–Crippen LogP) is -1.82. The van der Waals surface area contributed by atoms with Crippen LogP contribution in [0.5, 0.6) is 5.75 Å². The van der Waals surface area contributed by atoms with Gasteiger partial charge in [0.2, 0.25) is 23.6 Å². The van der Waals surface area contributed by atoms with E-state index in [9.17, 15) is 24.3 Å². The fraction of sp³-hybridized carbons (Fsp3) is 0.379. The second kappa shape index (κ2) is 17.6. The number of aliphatic imine (C=N–C) groups is 2. The summed E-state index contributed by atoms with van der Waals surface area (Å²) in [6.07, 6.45) is 0.610. The number of hydrogen-bond acceptors (Lipinski definition) is 7. The minimum Gasteiger partial charge on any atom is -0.508 e. The van der Waals surface area contributed by atoms with Crippen LogP contribution in [0, 0.1) is 0 Å². The van der Waals surface area contributed by atoms with E-state index in [4.69, 9.17) is 28.7 Å². The summed E-state index contributed by atoms with van der Waals surface area (Å²) in [5, 5.41) is 15.1. The lowest BCUT2D eigenvalue weighted by Crippen LogP contribution is -2.56. The van der Waals surface area contributed by atoms with Crippen LogP contribution in [0.25, 0.3) is 0 Å². The molecule has 0 aliphatic carbocycles. The maximum absolute atomic E-state index is 13.7. The molecule has 4 amide bonds. The van der Waals surface area contributed by atoms with Gasteiger partial charge in [-0.05, 0) is 36.1 Å². The van der Waals surface area contributed by atoms with Crippen molar-refractivity contribution in [3.8, 4) is 5.75 Å². The van der Waals surface area contributed by atoms with Crippen LogP contribution in [0.4, 0.5) is 0 Å². The van der Waals surface area contributed by atoms with Gasteiger partial charge in [0.05, 0.1) is 0 Å². The van der Waals surface area contributed by atoms with Crippen LogP contribution in [0.1, 0.15) is 30.4 Å². The third-order valence-corrected chi connectivity index (χ3v) is 6.52. The largest absolute Gasteiger partial charge is 0.508 e. The Bertz CT molecular complexity index is 1310. The predicted molar refractivity (Wildman–Crippen MR) is 167 cm³/mol. The molecule has 0 aliphatic heterocycles. The highest BCUT2D eigenvalue weighted by molar-refractivity contribution is 5.94. The fourth-order valence-electron chi connectivity index (χ4n) is 4.25. The third-order valence-electron chi connectivity index (χ3n) is 6.52. The molecule has 0 spiro atoms. The first-order valence-electron chi connectivity index (χ1n) is 14.0. The lowest BCUT2D eigenvalue weighted by Gasteiger charge is -2.27. The highest BCUT2D eigenvalue weighted by Gasteiger charge is 2.30. The Hall–Kier alpha value is -5.34. The van der Waals surface area contributed by atoms with Gasteiger partial charge in [-0.3, -0.25) is 24.2 Å². The van der Waals surface area contributed by atoms with E-state index in [1.807, 2.05) is 18.2 Å². The molecule has 0 heterocycles. The van der Waals surface area contributed by atoms with Gasteiger partial charge in [-0.15, -0.1) is 0 Å². The van der Waals surface area contributed by atoms with E-state index in [-0.39, 0.29) is 56.4 Å². The van der Waals surface area contributed by atoms with E-state index in [1.165, 1.54) is 24.1 Å². The van der Waals surface area contributed by atoms with Crippen molar-refractivity contribution in [2.24, 2.45) is 38.7 Å². The zero-order chi connectivity index (χ0) is 32.6. The van der Waals surface area contributed by atoms with E-state index in [2.05, 4.69) is 20.6 Å².